The second kappa shape index (κ2) is 8.48. The van der Waals surface area contributed by atoms with Crippen LogP contribution in [0.5, 0.6) is 0 Å². The predicted molar refractivity (Wildman–Crippen MR) is 108 cm³/mol. The molecule has 1 saturated heterocycles. The maximum atomic E-state index is 9.25. The van der Waals surface area contributed by atoms with Gasteiger partial charge in [0.2, 0.25) is 5.96 Å². The van der Waals surface area contributed by atoms with E-state index in [-0.39, 0.29) is 6.04 Å². The number of hydrogen-bond donors (Lipinski definition) is 1. The molecule has 1 N–H and O–H groups in total. The summed E-state index contributed by atoms with van der Waals surface area (Å²) in [6.07, 6.45) is 4.26. The first-order valence-corrected chi connectivity index (χ1v) is 9.96. The van der Waals surface area contributed by atoms with Gasteiger partial charge in [0.05, 0.1) is 48.5 Å². The largest absolute Gasteiger partial charge is 0.379 e. The number of thiazole rings is 1. The van der Waals surface area contributed by atoms with Crippen LogP contribution in [0.4, 0.5) is 5.13 Å². The fourth-order valence-corrected chi connectivity index (χ4v) is 4.26. The molecule has 140 valence electrons. The topological polar surface area (TPSA) is 76.8 Å². The van der Waals surface area contributed by atoms with E-state index in [0.29, 0.717) is 13.0 Å². The normalized spacial score (nSPS) is 22.1. The average Bonchev–Trinajstić information content (AvgIpc) is 3.13. The molecule has 0 spiro atoms. The van der Waals surface area contributed by atoms with Crippen molar-refractivity contribution in [1.29, 1.82) is 5.26 Å². The van der Waals surface area contributed by atoms with E-state index in [4.69, 9.17) is 14.7 Å². The molecule has 0 bridgehead atoms. The van der Waals surface area contributed by atoms with Crippen LogP contribution in [0.15, 0.2) is 41.5 Å². The van der Waals surface area contributed by atoms with E-state index in [0.717, 1.165) is 54.2 Å². The van der Waals surface area contributed by atoms with E-state index in [1.807, 2.05) is 35.4 Å². The number of anilines is 1. The summed E-state index contributed by atoms with van der Waals surface area (Å²) in [4.78, 5) is 14.0. The minimum Gasteiger partial charge on any atom is -0.379 e. The molecular weight excluding hydrogens is 360 g/mol. The summed E-state index contributed by atoms with van der Waals surface area (Å²) in [5.74, 6) is 0.755. The second-order valence-corrected chi connectivity index (χ2v) is 7.44. The number of guanidine groups is 1. The van der Waals surface area contributed by atoms with Crippen LogP contribution in [0.1, 0.15) is 6.42 Å². The molecule has 0 amide bonds. The zero-order chi connectivity index (χ0) is 18.5. The van der Waals surface area contributed by atoms with Crippen LogP contribution in [0, 0.1) is 11.3 Å². The van der Waals surface area contributed by atoms with Gasteiger partial charge in [-0.2, -0.15) is 5.26 Å². The number of rotatable bonds is 5. The van der Waals surface area contributed by atoms with Crippen LogP contribution < -0.4 is 10.2 Å². The van der Waals surface area contributed by atoms with Gasteiger partial charge >= 0.3 is 0 Å². The van der Waals surface area contributed by atoms with Crippen LogP contribution in [-0.2, 0) is 4.74 Å². The Morgan fingerprint density at radius 1 is 1.33 bits per heavy atom. The molecule has 4 rings (SSSR count). The van der Waals surface area contributed by atoms with E-state index in [1.165, 1.54) is 0 Å². The predicted octanol–water partition coefficient (Wildman–Crippen LogP) is 2.19. The monoisotopic (exact) mass is 382 g/mol. The lowest BCUT2D eigenvalue weighted by molar-refractivity contribution is 0.0394. The quantitative estimate of drug-likeness (QED) is 0.854. The van der Waals surface area contributed by atoms with Gasteiger partial charge in [0, 0.05) is 25.8 Å². The van der Waals surface area contributed by atoms with Crippen molar-refractivity contribution in [3.8, 4) is 6.07 Å². The Labute approximate surface area is 162 Å². The standard InChI is InChI=1S/C19H22N6OS/c20-7-5-15-6-8-21-18(22-9-10-24-11-13-26-14-12-24)25(15)19-23-16-3-1-2-4-17(16)27-19/h1-4,6,8,15H,5,9-14H2,(H,21,22). The van der Waals surface area contributed by atoms with Gasteiger partial charge in [-0.05, 0) is 18.2 Å². The highest BCUT2D eigenvalue weighted by Gasteiger charge is 2.27. The summed E-state index contributed by atoms with van der Waals surface area (Å²) in [6, 6.07) is 10.3. The van der Waals surface area contributed by atoms with Crippen molar-refractivity contribution < 1.29 is 4.74 Å². The van der Waals surface area contributed by atoms with Crippen LogP contribution in [-0.4, -0.2) is 61.3 Å². The molecule has 1 atom stereocenters. The number of para-hydroxylation sites is 1. The van der Waals surface area contributed by atoms with Crippen molar-refractivity contribution in [1.82, 2.24) is 15.2 Å². The number of benzene rings is 1. The minimum absolute atomic E-state index is 0.0704. The molecule has 3 heterocycles. The van der Waals surface area contributed by atoms with E-state index in [2.05, 4.69) is 22.4 Å². The number of aliphatic imine (C=N–C) groups is 1. The molecule has 1 unspecified atom stereocenters. The van der Waals surface area contributed by atoms with Gasteiger partial charge in [0.1, 0.15) is 0 Å². The molecule has 27 heavy (non-hydrogen) atoms. The summed E-state index contributed by atoms with van der Waals surface area (Å²) >= 11 is 1.62. The van der Waals surface area contributed by atoms with Crippen LogP contribution in [0.3, 0.4) is 0 Å². The Hall–Kier alpha value is -2.47. The van der Waals surface area contributed by atoms with Crippen LogP contribution >= 0.6 is 11.3 Å². The summed E-state index contributed by atoms with van der Waals surface area (Å²) in [7, 11) is 0. The van der Waals surface area contributed by atoms with Crippen molar-refractivity contribution in [2.24, 2.45) is 4.99 Å². The number of morpholine rings is 1. The number of nitrogens with zero attached hydrogens (tertiary/aromatic N) is 5. The van der Waals surface area contributed by atoms with Gasteiger partial charge in [-0.25, -0.2) is 4.98 Å². The number of aromatic nitrogens is 1. The summed E-state index contributed by atoms with van der Waals surface area (Å²) in [5, 5.41) is 13.4. The third-order valence-electron chi connectivity index (χ3n) is 4.66. The van der Waals surface area contributed by atoms with Crippen molar-refractivity contribution in [2.75, 3.05) is 44.3 Å². The van der Waals surface area contributed by atoms with Gasteiger partial charge in [-0.1, -0.05) is 23.5 Å². The summed E-state index contributed by atoms with van der Waals surface area (Å²) in [5.41, 5.74) is 0.968. The molecule has 8 heteroatoms. The first-order valence-electron chi connectivity index (χ1n) is 9.14. The lowest BCUT2D eigenvalue weighted by Crippen LogP contribution is -2.49. The zero-order valence-corrected chi connectivity index (χ0v) is 15.9. The molecule has 0 aliphatic carbocycles. The molecule has 0 radical (unpaired) electrons. The van der Waals surface area contributed by atoms with Gasteiger partial charge < -0.3 is 10.1 Å². The number of hydrogen-bond acceptors (Lipinski definition) is 6. The Kier molecular flexibility index (Phi) is 5.63. The van der Waals surface area contributed by atoms with Crippen LogP contribution in [0.25, 0.3) is 10.2 Å². The summed E-state index contributed by atoms with van der Waals surface area (Å²) in [6.45, 7) is 5.08. The van der Waals surface area contributed by atoms with Crippen molar-refractivity contribution in [3.63, 3.8) is 0 Å². The lowest BCUT2D eigenvalue weighted by atomic mass is 10.2. The highest BCUT2D eigenvalue weighted by Crippen LogP contribution is 2.31. The minimum atomic E-state index is -0.0704. The van der Waals surface area contributed by atoms with Crippen molar-refractivity contribution >= 4 is 32.6 Å². The molecule has 1 aromatic carbocycles. The van der Waals surface area contributed by atoms with Gasteiger partial charge in [0.25, 0.3) is 0 Å². The smallest absolute Gasteiger partial charge is 0.205 e. The highest BCUT2D eigenvalue weighted by atomic mass is 32.1. The van der Waals surface area contributed by atoms with E-state index in [1.54, 1.807) is 11.3 Å². The fraction of sp³-hybridized carbons (Fsp3) is 0.421. The molecule has 1 fully saturated rings. The van der Waals surface area contributed by atoms with Crippen molar-refractivity contribution in [2.45, 2.75) is 12.5 Å². The molecule has 2 aliphatic rings. The van der Waals surface area contributed by atoms with Crippen LogP contribution in [0.2, 0.25) is 0 Å². The lowest BCUT2D eigenvalue weighted by Gasteiger charge is -2.32. The van der Waals surface area contributed by atoms with E-state index >= 15 is 0 Å². The number of nitrogens with one attached hydrogen (secondary N) is 1. The Balaban J connectivity index is 1.57. The molecule has 7 nitrogen and oxygen atoms in total. The van der Waals surface area contributed by atoms with E-state index < -0.39 is 0 Å². The molecule has 0 saturated carbocycles. The molecule has 1 aromatic heterocycles. The Bertz CT molecular complexity index is 847. The van der Waals surface area contributed by atoms with E-state index in [9.17, 15) is 5.26 Å². The molecular formula is C19H22N6OS. The third-order valence-corrected chi connectivity index (χ3v) is 5.70. The number of ether oxygens (including phenoxy) is 1. The maximum Gasteiger partial charge on any atom is 0.205 e. The van der Waals surface area contributed by atoms with Gasteiger partial charge in [0.15, 0.2) is 5.13 Å². The van der Waals surface area contributed by atoms with Gasteiger partial charge in [-0.3, -0.25) is 14.8 Å². The Morgan fingerprint density at radius 3 is 3.00 bits per heavy atom. The average molecular weight is 382 g/mol. The Morgan fingerprint density at radius 2 is 2.19 bits per heavy atom. The molecule has 2 aromatic rings. The third kappa shape index (κ3) is 4.11. The highest BCUT2D eigenvalue weighted by molar-refractivity contribution is 7.22. The maximum absolute atomic E-state index is 9.25. The first-order chi connectivity index (χ1) is 13.3. The second-order valence-electron chi connectivity index (χ2n) is 6.43. The fourth-order valence-electron chi connectivity index (χ4n) is 3.24. The molecule has 2 aliphatic heterocycles. The SMILES string of the molecule is N#CCC1C=CNC(=NCCN2CCOCC2)N1c1nc2ccccc2s1. The number of fused-ring (bicyclic) bond motifs is 1. The summed E-state index contributed by atoms with van der Waals surface area (Å²) < 4.78 is 6.53. The number of nitriles is 1. The zero-order valence-electron chi connectivity index (χ0n) is 15.0. The first kappa shape index (κ1) is 17.9. The van der Waals surface area contributed by atoms with Crippen molar-refractivity contribution in [3.05, 3.63) is 36.5 Å². The van der Waals surface area contributed by atoms with Gasteiger partial charge in [-0.15, -0.1) is 0 Å².